The fourth-order valence-electron chi connectivity index (χ4n) is 3.56. The molecule has 2 amide bonds. The number of carboxylic acids is 1. The third-order valence-corrected chi connectivity index (χ3v) is 5.44. The number of pyridine rings is 1. The van der Waals surface area contributed by atoms with Crippen molar-refractivity contribution in [3.05, 3.63) is 100 Å². The number of aromatic nitrogens is 1. The summed E-state index contributed by atoms with van der Waals surface area (Å²) in [5.41, 5.74) is 1.70. The van der Waals surface area contributed by atoms with E-state index in [1.165, 1.54) is 18.2 Å². The zero-order valence-corrected chi connectivity index (χ0v) is 18.3. The number of H-pyrrole nitrogens is 1. The van der Waals surface area contributed by atoms with E-state index in [9.17, 15) is 24.3 Å². The summed E-state index contributed by atoms with van der Waals surface area (Å²) in [4.78, 5) is 51.7. The molecule has 4 rings (SSSR count). The number of fused-ring (bicyclic) bond motifs is 1. The molecule has 3 aromatic carbocycles. The fraction of sp³-hybridized carbons (Fsp3) is 0.0769. The van der Waals surface area contributed by atoms with Crippen molar-refractivity contribution in [2.24, 2.45) is 0 Å². The summed E-state index contributed by atoms with van der Waals surface area (Å²) >= 11 is 0. The van der Waals surface area contributed by atoms with Crippen molar-refractivity contribution in [2.75, 3.05) is 11.9 Å². The monoisotopic (exact) mass is 471 g/mol. The molecule has 0 aliphatic rings. The van der Waals surface area contributed by atoms with E-state index >= 15 is 0 Å². The molecule has 0 radical (unpaired) electrons. The van der Waals surface area contributed by atoms with Gasteiger partial charge in [-0.2, -0.15) is 0 Å². The van der Waals surface area contributed by atoms with E-state index in [0.29, 0.717) is 11.1 Å². The number of anilines is 1. The Kier molecular flexibility index (Phi) is 6.70. The van der Waals surface area contributed by atoms with Crippen molar-refractivity contribution in [2.45, 2.75) is 6.04 Å². The topological polar surface area (TPSA) is 149 Å². The second-order valence-corrected chi connectivity index (χ2v) is 7.74. The van der Waals surface area contributed by atoms with Gasteiger partial charge in [-0.3, -0.25) is 14.4 Å². The summed E-state index contributed by atoms with van der Waals surface area (Å²) < 4.78 is 0. The summed E-state index contributed by atoms with van der Waals surface area (Å²) in [7, 11) is 0. The Labute approximate surface area is 199 Å². The van der Waals surface area contributed by atoms with Gasteiger partial charge in [0.25, 0.3) is 5.91 Å². The maximum Gasteiger partial charge on any atom is 0.341 e. The summed E-state index contributed by atoms with van der Waals surface area (Å²) in [5, 5.41) is 23.9. The first kappa shape index (κ1) is 23.4. The number of hydrogen-bond acceptors (Lipinski definition) is 5. The molecular formula is C26H21N3O6. The first-order valence-corrected chi connectivity index (χ1v) is 10.6. The highest BCUT2D eigenvalue weighted by atomic mass is 16.4. The lowest BCUT2D eigenvalue weighted by atomic mass is 10.0. The first-order valence-electron chi connectivity index (χ1n) is 10.6. The van der Waals surface area contributed by atoms with Gasteiger partial charge in [-0.25, -0.2) is 4.79 Å². The van der Waals surface area contributed by atoms with Gasteiger partial charge < -0.3 is 25.8 Å². The summed E-state index contributed by atoms with van der Waals surface area (Å²) in [6.45, 7) is -0.656. The van der Waals surface area contributed by atoms with Crippen LogP contribution in [0, 0.1) is 0 Å². The number of aliphatic hydroxyl groups is 1. The molecule has 9 nitrogen and oxygen atoms in total. The molecule has 35 heavy (non-hydrogen) atoms. The second-order valence-electron chi connectivity index (χ2n) is 7.74. The van der Waals surface area contributed by atoms with Gasteiger partial charge in [0.1, 0.15) is 11.6 Å². The number of benzene rings is 3. The predicted molar refractivity (Wildman–Crippen MR) is 130 cm³/mol. The molecule has 0 aliphatic carbocycles. The van der Waals surface area contributed by atoms with Crippen LogP contribution < -0.4 is 16.1 Å². The van der Waals surface area contributed by atoms with E-state index in [-0.39, 0.29) is 11.1 Å². The van der Waals surface area contributed by atoms with Crippen molar-refractivity contribution in [1.82, 2.24) is 10.3 Å². The standard InChI is InChI=1S/C26H21N3O6/c30-14-22(29-24(32)17-8-6-16(7-9-17)15-4-2-1-3-5-15)25(33)28-18-10-11-21-19(12-18)23(31)20(13-27-21)26(34)35/h1-13,22,30H,14H2,(H,27,31)(H,28,33)(H,29,32)(H,34,35)/t22-/m0/s1. The zero-order chi connectivity index (χ0) is 24.9. The molecule has 9 heteroatoms. The van der Waals surface area contributed by atoms with Gasteiger partial charge >= 0.3 is 5.97 Å². The Morgan fingerprint density at radius 2 is 1.60 bits per heavy atom. The molecule has 176 valence electrons. The smallest absolute Gasteiger partial charge is 0.341 e. The molecule has 1 atom stereocenters. The number of aliphatic hydroxyl groups excluding tert-OH is 1. The SMILES string of the molecule is O=C(N[C@@H](CO)C(=O)Nc1ccc2[nH]cc(C(=O)O)c(=O)c2c1)c1ccc(-c2ccccc2)cc1. The molecule has 0 aliphatic heterocycles. The first-order chi connectivity index (χ1) is 16.9. The number of amides is 2. The Balaban J connectivity index is 1.47. The number of aromatic amines is 1. The Bertz CT molecular complexity index is 1460. The molecule has 4 aromatic rings. The minimum absolute atomic E-state index is 0.0748. The van der Waals surface area contributed by atoms with Crippen LogP contribution in [0.5, 0.6) is 0 Å². The largest absolute Gasteiger partial charge is 0.477 e. The summed E-state index contributed by atoms with van der Waals surface area (Å²) in [6.07, 6.45) is 1.11. The van der Waals surface area contributed by atoms with Crippen molar-refractivity contribution in [3.8, 4) is 11.1 Å². The summed E-state index contributed by atoms with van der Waals surface area (Å²) in [6, 6.07) is 19.6. The van der Waals surface area contributed by atoms with Crippen LogP contribution in [0.4, 0.5) is 5.69 Å². The summed E-state index contributed by atoms with van der Waals surface area (Å²) in [5.74, 6) is -2.62. The van der Waals surface area contributed by atoms with Crippen LogP contribution >= 0.6 is 0 Å². The van der Waals surface area contributed by atoms with Crippen molar-refractivity contribution in [3.63, 3.8) is 0 Å². The van der Waals surface area contributed by atoms with E-state index in [0.717, 1.165) is 17.3 Å². The van der Waals surface area contributed by atoms with Crippen LogP contribution in [-0.2, 0) is 4.79 Å². The van der Waals surface area contributed by atoms with Gasteiger partial charge in [0.15, 0.2) is 0 Å². The maximum absolute atomic E-state index is 12.7. The van der Waals surface area contributed by atoms with Crippen molar-refractivity contribution < 1.29 is 24.6 Å². The molecule has 0 unspecified atom stereocenters. The maximum atomic E-state index is 12.7. The normalized spacial score (nSPS) is 11.6. The van der Waals surface area contributed by atoms with Crippen molar-refractivity contribution in [1.29, 1.82) is 0 Å². The number of nitrogens with one attached hydrogen (secondary N) is 3. The lowest BCUT2D eigenvalue weighted by Crippen LogP contribution is -2.46. The van der Waals surface area contributed by atoms with E-state index in [2.05, 4.69) is 15.6 Å². The molecular weight excluding hydrogens is 450 g/mol. The minimum Gasteiger partial charge on any atom is -0.477 e. The zero-order valence-electron chi connectivity index (χ0n) is 18.3. The van der Waals surface area contributed by atoms with Crippen molar-refractivity contribution >= 4 is 34.4 Å². The number of rotatable bonds is 7. The average molecular weight is 471 g/mol. The van der Waals surface area contributed by atoms with Gasteiger partial charge in [0.05, 0.1) is 6.61 Å². The Morgan fingerprint density at radius 1 is 0.914 bits per heavy atom. The number of carbonyl (C=O) groups is 3. The predicted octanol–water partition coefficient (Wildman–Crippen LogP) is 2.62. The Morgan fingerprint density at radius 3 is 2.26 bits per heavy atom. The molecule has 0 spiro atoms. The lowest BCUT2D eigenvalue weighted by Gasteiger charge is -2.16. The molecule has 0 fully saturated rings. The van der Waals surface area contributed by atoms with Gasteiger partial charge in [0.2, 0.25) is 11.3 Å². The van der Waals surface area contributed by atoms with Crippen LogP contribution in [0.15, 0.2) is 83.8 Å². The van der Waals surface area contributed by atoms with E-state index < -0.39 is 41.4 Å². The number of carboxylic acid groups (broad SMARTS) is 1. The molecule has 1 aromatic heterocycles. The van der Waals surface area contributed by atoms with Crippen LogP contribution in [0.2, 0.25) is 0 Å². The van der Waals surface area contributed by atoms with Gasteiger partial charge in [-0.1, -0.05) is 42.5 Å². The second kappa shape index (κ2) is 10.0. The third kappa shape index (κ3) is 5.10. The number of carbonyl (C=O) groups excluding carboxylic acids is 2. The van der Waals surface area contributed by atoms with Crippen LogP contribution in [0.25, 0.3) is 22.0 Å². The van der Waals surface area contributed by atoms with E-state index in [4.69, 9.17) is 5.11 Å². The van der Waals surface area contributed by atoms with Gasteiger partial charge in [-0.05, 0) is 41.5 Å². The van der Waals surface area contributed by atoms with Crippen LogP contribution in [0.1, 0.15) is 20.7 Å². The highest BCUT2D eigenvalue weighted by Gasteiger charge is 2.21. The average Bonchev–Trinajstić information content (AvgIpc) is 2.88. The highest BCUT2D eigenvalue weighted by molar-refractivity contribution is 6.02. The molecule has 0 saturated heterocycles. The Hall–Kier alpha value is -4.76. The number of aromatic carboxylic acids is 1. The van der Waals surface area contributed by atoms with E-state index in [1.807, 2.05) is 30.3 Å². The molecule has 1 heterocycles. The molecule has 5 N–H and O–H groups in total. The molecule has 0 saturated carbocycles. The lowest BCUT2D eigenvalue weighted by molar-refractivity contribution is -0.118. The van der Waals surface area contributed by atoms with E-state index in [1.54, 1.807) is 24.3 Å². The third-order valence-electron chi connectivity index (χ3n) is 5.44. The highest BCUT2D eigenvalue weighted by Crippen LogP contribution is 2.19. The minimum atomic E-state index is -1.37. The quantitative estimate of drug-likeness (QED) is 0.280. The molecule has 0 bridgehead atoms. The van der Waals surface area contributed by atoms with Crippen LogP contribution in [-0.4, -0.2) is 45.6 Å². The van der Waals surface area contributed by atoms with Gasteiger partial charge in [-0.15, -0.1) is 0 Å². The fourth-order valence-corrected chi connectivity index (χ4v) is 3.56. The van der Waals surface area contributed by atoms with Gasteiger partial charge in [0, 0.05) is 28.4 Å². The number of hydrogen-bond donors (Lipinski definition) is 5. The van der Waals surface area contributed by atoms with Crippen LogP contribution in [0.3, 0.4) is 0 Å².